The second-order valence-electron chi connectivity index (χ2n) is 10.7. The molecule has 2 aliphatic rings. The van der Waals surface area contributed by atoms with Gasteiger partial charge < -0.3 is 10.0 Å². The molecular weight excluding hydrogens is 416 g/mol. The predicted octanol–water partition coefficient (Wildman–Crippen LogP) is 6.28. The zero-order chi connectivity index (χ0) is 21.8. The molecule has 1 N–H and O–H groups in total. The number of β-amino-alcohol motifs (C(OH)–C–C–N with tert-alkyl or cyclic N) is 1. The van der Waals surface area contributed by atoms with E-state index in [1.54, 1.807) is 5.56 Å². The lowest BCUT2D eigenvalue weighted by molar-refractivity contribution is 0.109. The molecule has 1 aliphatic carbocycles. The Hall–Kier alpha value is -1.55. The summed E-state index contributed by atoms with van der Waals surface area (Å²) in [6.07, 6.45) is 4.95. The van der Waals surface area contributed by atoms with Crippen LogP contribution in [0.2, 0.25) is 0 Å². The van der Waals surface area contributed by atoms with Gasteiger partial charge in [-0.15, -0.1) is 12.4 Å². The summed E-state index contributed by atoms with van der Waals surface area (Å²) in [5, 5.41) is 10.6. The molecule has 2 fully saturated rings. The van der Waals surface area contributed by atoms with E-state index in [-0.39, 0.29) is 12.4 Å². The predicted molar refractivity (Wildman–Crippen MR) is 138 cm³/mol. The van der Waals surface area contributed by atoms with Crippen LogP contribution in [0.5, 0.6) is 0 Å². The second kappa shape index (κ2) is 11.0. The molecule has 176 valence electrons. The molecule has 3 nitrogen and oxygen atoms in total. The molecule has 1 unspecified atom stereocenters. The number of nitrogens with zero attached hydrogens (tertiary/aromatic N) is 2. The third-order valence-electron chi connectivity index (χ3n) is 7.66. The van der Waals surface area contributed by atoms with Crippen LogP contribution in [0, 0.1) is 11.3 Å². The lowest BCUT2D eigenvalue weighted by Crippen LogP contribution is -2.47. The van der Waals surface area contributed by atoms with Gasteiger partial charge in [-0.05, 0) is 60.1 Å². The van der Waals surface area contributed by atoms with E-state index in [1.165, 1.54) is 31.4 Å². The van der Waals surface area contributed by atoms with Crippen LogP contribution in [0.4, 0.5) is 5.69 Å². The van der Waals surface area contributed by atoms with Crippen LogP contribution in [-0.4, -0.2) is 42.7 Å². The number of hydrogen-bond acceptors (Lipinski definition) is 3. The standard InChI is InChI=1S/C28H40N2O.ClH/c1-28(2,3)24-15-13-22(14-16-24)25-11-7-8-12-26(25)30-19-17-29(18-20-30)21-27(31)23-9-5-4-6-10-23;/h4-12,22,24,27,31H,13-21H2,1-3H3;1H. The Bertz CT molecular complexity index is 819. The van der Waals surface area contributed by atoms with Crippen LogP contribution >= 0.6 is 12.4 Å². The third kappa shape index (κ3) is 6.07. The van der Waals surface area contributed by atoms with Crippen LogP contribution < -0.4 is 4.90 Å². The minimum Gasteiger partial charge on any atom is -0.387 e. The molecule has 0 spiro atoms. The van der Waals surface area contributed by atoms with Crippen LogP contribution in [0.15, 0.2) is 54.6 Å². The Labute approximate surface area is 201 Å². The quantitative estimate of drug-likeness (QED) is 0.573. The average molecular weight is 457 g/mol. The summed E-state index contributed by atoms with van der Waals surface area (Å²) < 4.78 is 0. The van der Waals surface area contributed by atoms with Crippen molar-refractivity contribution in [3.63, 3.8) is 0 Å². The van der Waals surface area contributed by atoms with Gasteiger partial charge in [-0.1, -0.05) is 69.3 Å². The molecule has 4 rings (SSSR count). The van der Waals surface area contributed by atoms with Gasteiger partial charge in [0.25, 0.3) is 0 Å². The smallest absolute Gasteiger partial charge is 0.0916 e. The Morgan fingerprint density at radius 1 is 0.844 bits per heavy atom. The van der Waals surface area contributed by atoms with Crippen molar-refractivity contribution in [2.75, 3.05) is 37.6 Å². The monoisotopic (exact) mass is 456 g/mol. The maximum absolute atomic E-state index is 10.6. The molecule has 2 aromatic rings. The first-order chi connectivity index (χ1) is 14.9. The molecule has 1 saturated carbocycles. The minimum absolute atomic E-state index is 0. The van der Waals surface area contributed by atoms with Gasteiger partial charge in [0.15, 0.2) is 0 Å². The molecule has 32 heavy (non-hydrogen) atoms. The van der Waals surface area contributed by atoms with Gasteiger partial charge in [-0.25, -0.2) is 0 Å². The maximum atomic E-state index is 10.6. The van der Waals surface area contributed by atoms with Gasteiger partial charge in [0, 0.05) is 38.4 Å². The highest BCUT2D eigenvalue weighted by Crippen LogP contribution is 2.45. The van der Waals surface area contributed by atoms with Gasteiger partial charge in [-0.3, -0.25) is 4.90 Å². The fourth-order valence-electron chi connectivity index (χ4n) is 5.59. The zero-order valence-corrected chi connectivity index (χ0v) is 20.9. The van der Waals surface area contributed by atoms with Crippen LogP contribution in [-0.2, 0) is 0 Å². The van der Waals surface area contributed by atoms with E-state index in [4.69, 9.17) is 0 Å². The van der Waals surface area contributed by atoms with E-state index in [0.29, 0.717) is 11.3 Å². The van der Waals surface area contributed by atoms with Crippen LogP contribution in [0.25, 0.3) is 0 Å². The molecule has 1 atom stereocenters. The summed E-state index contributed by atoms with van der Waals surface area (Å²) >= 11 is 0. The van der Waals surface area contributed by atoms with Crippen molar-refractivity contribution in [1.29, 1.82) is 0 Å². The number of rotatable bonds is 5. The SMILES string of the molecule is CC(C)(C)C1CCC(c2ccccc2N2CCN(CC(O)c3ccccc3)CC2)CC1.Cl. The van der Waals surface area contributed by atoms with Crippen molar-refractivity contribution in [2.45, 2.75) is 58.5 Å². The van der Waals surface area contributed by atoms with Crippen LogP contribution in [0.1, 0.15) is 69.6 Å². The Balaban J connectivity index is 0.00000289. The number of piperazine rings is 1. The molecule has 0 radical (unpaired) electrons. The highest BCUT2D eigenvalue weighted by Gasteiger charge is 2.31. The molecular formula is C28H41ClN2O. The summed E-state index contributed by atoms with van der Waals surface area (Å²) in [4.78, 5) is 4.99. The summed E-state index contributed by atoms with van der Waals surface area (Å²) in [6, 6.07) is 19.2. The molecule has 0 amide bonds. The van der Waals surface area contributed by atoms with Crippen molar-refractivity contribution < 1.29 is 5.11 Å². The van der Waals surface area contributed by atoms with E-state index >= 15 is 0 Å². The summed E-state index contributed by atoms with van der Waals surface area (Å²) in [5.74, 6) is 1.56. The van der Waals surface area contributed by atoms with Gasteiger partial charge in [-0.2, -0.15) is 0 Å². The van der Waals surface area contributed by atoms with Crippen molar-refractivity contribution in [3.05, 3.63) is 65.7 Å². The van der Waals surface area contributed by atoms with E-state index in [9.17, 15) is 5.11 Å². The largest absolute Gasteiger partial charge is 0.387 e. The molecule has 1 heterocycles. The molecule has 0 aromatic heterocycles. The summed E-state index contributed by atoms with van der Waals surface area (Å²) in [6.45, 7) is 12.0. The number of aliphatic hydroxyl groups is 1. The number of halogens is 1. The fraction of sp³-hybridized carbons (Fsp3) is 0.571. The minimum atomic E-state index is -0.405. The lowest BCUT2D eigenvalue weighted by atomic mass is 9.68. The first kappa shape index (κ1) is 25.1. The number of aliphatic hydroxyl groups excluding tert-OH is 1. The van der Waals surface area contributed by atoms with Crippen molar-refractivity contribution >= 4 is 18.1 Å². The Kier molecular flexibility index (Phi) is 8.66. The molecule has 4 heteroatoms. The Morgan fingerprint density at radius 3 is 2.06 bits per heavy atom. The Morgan fingerprint density at radius 2 is 1.44 bits per heavy atom. The molecule has 0 bridgehead atoms. The highest BCUT2D eigenvalue weighted by molar-refractivity contribution is 5.85. The van der Waals surface area contributed by atoms with E-state index in [0.717, 1.165) is 44.2 Å². The summed E-state index contributed by atoms with van der Waals surface area (Å²) in [5.41, 5.74) is 4.46. The van der Waals surface area contributed by atoms with Crippen molar-refractivity contribution in [2.24, 2.45) is 11.3 Å². The molecule has 2 aromatic carbocycles. The van der Waals surface area contributed by atoms with Gasteiger partial charge in [0.2, 0.25) is 0 Å². The normalized spacial score (nSPS) is 23.4. The maximum Gasteiger partial charge on any atom is 0.0916 e. The number of anilines is 1. The van der Waals surface area contributed by atoms with Crippen molar-refractivity contribution in [3.8, 4) is 0 Å². The second-order valence-corrected chi connectivity index (χ2v) is 10.7. The highest BCUT2D eigenvalue weighted by atomic mass is 35.5. The fourth-order valence-corrected chi connectivity index (χ4v) is 5.59. The van der Waals surface area contributed by atoms with E-state index in [1.807, 2.05) is 30.3 Å². The van der Waals surface area contributed by atoms with E-state index in [2.05, 4.69) is 54.8 Å². The van der Waals surface area contributed by atoms with Crippen molar-refractivity contribution in [1.82, 2.24) is 4.90 Å². The number of para-hydroxylation sites is 1. The van der Waals surface area contributed by atoms with Gasteiger partial charge in [0.1, 0.15) is 0 Å². The third-order valence-corrected chi connectivity index (χ3v) is 7.66. The average Bonchev–Trinajstić information content (AvgIpc) is 2.80. The molecule has 1 saturated heterocycles. The zero-order valence-electron chi connectivity index (χ0n) is 20.0. The summed E-state index contributed by atoms with van der Waals surface area (Å²) in [7, 11) is 0. The van der Waals surface area contributed by atoms with Gasteiger partial charge in [0.05, 0.1) is 6.10 Å². The first-order valence-electron chi connectivity index (χ1n) is 12.2. The number of benzene rings is 2. The van der Waals surface area contributed by atoms with E-state index < -0.39 is 6.10 Å². The lowest BCUT2D eigenvalue weighted by Gasteiger charge is -2.40. The topological polar surface area (TPSA) is 26.7 Å². The first-order valence-corrected chi connectivity index (χ1v) is 12.2. The van der Waals surface area contributed by atoms with Crippen LogP contribution in [0.3, 0.4) is 0 Å². The number of hydrogen-bond donors (Lipinski definition) is 1. The molecule has 1 aliphatic heterocycles. The van der Waals surface area contributed by atoms with Gasteiger partial charge >= 0.3 is 0 Å².